The maximum atomic E-state index is 12.2. The molecule has 0 saturated heterocycles. The average molecular weight is 226 g/mol. The summed E-state index contributed by atoms with van der Waals surface area (Å²) in [6, 6.07) is 1.71. The van der Waals surface area contributed by atoms with Crippen LogP contribution in [0, 0.1) is 11.3 Å². The van der Waals surface area contributed by atoms with Gasteiger partial charge in [0.2, 0.25) is 0 Å². The summed E-state index contributed by atoms with van der Waals surface area (Å²) >= 11 is 0. The molecule has 0 saturated carbocycles. The van der Waals surface area contributed by atoms with E-state index < -0.39 is 18.9 Å². The van der Waals surface area contributed by atoms with Gasteiger partial charge in [0.25, 0.3) is 6.43 Å². The summed E-state index contributed by atoms with van der Waals surface area (Å²) in [7, 11) is 0. The minimum absolute atomic E-state index is 0.0273. The lowest BCUT2D eigenvalue weighted by molar-refractivity contribution is -0.132. The molecule has 6 heteroatoms. The highest BCUT2D eigenvalue weighted by Crippen LogP contribution is 2.23. The molecule has 0 spiro atoms. The number of nitriles is 1. The van der Waals surface area contributed by atoms with E-state index in [-0.39, 0.29) is 16.8 Å². The van der Waals surface area contributed by atoms with Crippen LogP contribution < -0.4 is 0 Å². The third-order valence-electron chi connectivity index (χ3n) is 1.95. The van der Waals surface area contributed by atoms with E-state index >= 15 is 0 Å². The minimum Gasteiger partial charge on any atom is -0.478 e. The van der Waals surface area contributed by atoms with Crippen molar-refractivity contribution in [1.29, 1.82) is 5.26 Å². The van der Waals surface area contributed by atoms with Gasteiger partial charge in [0.1, 0.15) is 6.07 Å². The minimum atomic E-state index is -2.64. The average Bonchev–Trinajstić information content (AvgIpc) is 2.20. The van der Waals surface area contributed by atoms with Crippen LogP contribution in [0.5, 0.6) is 0 Å². The molecule has 4 nitrogen and oxygen atoms in total. The van der Waals surface area contributed by atoms with E-state index in [1.54, 1.807) is 6.07 Å². The van der Waals surface area contributed by atoms with Crippen molar-refractivity contribution >= 4 is 5.97 Å². The Bertz CT molecular complexity index is 433. The van der Waals surface area contributed by atoms with Crippen LogP contribution in [-0.4, -0.2) is 28.9 Å². The molecule has 1 rings (SSSR count). The fourth-order valence-electron chi connectivity index (χ4n) is 1.20. The van der Waals surface area contributed by atoms with Gasteiger partial charge in [-0.05, 0) is 6.08 Å². The van der Waals surface area contributed by atoms with Crippen LogP contribution in [0.15, 0.2) is 35.7 Å². The quantitative estimate of drug-likeness (QED) is 0.792. The van der Waals surface area contributed by atoms with Crippen molar-refractivity contribution in [1.82, 2.24) is 4.90 Å². The molecule has 1 aliphatic rings. The Kier molecular flexibility index (Phi) is 3.40. The van der Waals surface area contributed by atoms with Crippen molar-refractivity contribution in [3.05, 3.63) is 35.7 Å². The summed E-state index contributed by atoms with van der Waals surface area (Å²) in [5.41, 5.74) is -0.169. The molecule has 1 heterocycles. The number of carboxylic acids is 1. The molecule has 0 amide bonds. The van der Waals surface area contributed by atoms with Gasteiger partial charge in [-0.3, -0.25) is 0 Å². The van der Waals surface area contributed by atoms with Crippen molar-refractivity contribution in [2.45, 2.75) is 6.43 Å². The highest BCUT2D eigenvalue weighted by Gasteiger charge is 2.22. The van der Waals surface area contributed by atoms with Gasteiger partial charge in [-0.25, -0.2) is 13.6 Å². The Morgan fingerprint density at radius 2 is 2.31 bits per heavy atom. The van der Waals surface area contributed by atoms with E-state index in [4.69, 9.17) is 10.4 Å². The second kappa shape index (κ2) is 4.57. The monoisotopic (exact) mass is 226 g/mol. The topological polar surface area (TPSA) is 64.3 Å². The van der Waals surface area contributed by atoms with Crippen LogP contribution in [0.4, 0.5) is 8.78 Å². The van der Waals surface area contributed by atoms with Gasteiger partial charge in [-0.15, -0.1) is 0 Å². The summed E-state index contributed by atoms with van der Waals surface area (Å²) in [6.45, 7) is 2.77. The van der Waals surface area contributed by atoms with Crippen LogP contribution in [0.3, 0.4) is 0 Å². The number of allylic oxidation sites excluding steroid dienone is 1. The summed E-state index contributed by atoms with van der Waals surface area (Å²) in [5, 5.41) is 17.4. The molecular weight excluding hydrogens is 218 g/mol. The summed E-state index contributed by atoms with van der Waals surface area (Å²) in [5.74, 6) is -1.28. The lowest BCUT2D eigenvalue weighted by Crippen LogP contribution is -2.27. The highest BCUT2D eigenvalue weighted by molar-refractivity contribution is 5.91. The third-order valence-corrected chi connectivity index (χ3v) is 1.95. The largest absolute Gasteiger partial charge is 0.478 e. The Morgan fingerprint density at radius 1 is 1.69 bits per heavy atom. The van der Waals surface area contributed by atoms with E-state index in [0.29, 0.717) is 0 Å². The van der Waals surface area contributed by atoms with Gasteiger partial charge in [-0.2, -0.15) is 5.26 Å². The number of aliphatic carboxylic acids is 1. The number of rotatable bonds is 3. The van der Waals surface area contributed by atoms with Crippen molar-refractivity contribution in [3.8, 4) is 6.07 Å². The number of alkyl halides is 2. The molecule has 0 radical (unpaired) electrons. The van der Waals surface area contributed by atoms with Gasteiger partial charge in [0, 0.05) is 6.20 Å². The summed E-state index contributed by atoms with van der Waals surface area (Å²) in [4.78, 5) is 11.7. The van der Waals surface area contributed by atoms with Gasteiger partial charge in [0.15, 0.2) is 0 Å². The second-order valence-corrected chi connectivity index (χ2v) is 3.05. The van der Waals surface area contributed by atoms with E-state index in [2.05, 4.69) is 6.58 Å². The lowest BCUT2D eigenvalue weighted by atomic mass is 10.1. The first-order valence-electron chi connectivity index (χ1n) is 4.26. The predicted octanol–water partition coefficient (Wildman–Crippen LogP) is 1.50. The number of hydrogen-bond acceptors (Lipinski definition) is 3. The number of carbonyl (C=O) groups is 1. The lowest BCUT2D eigenvalue weighted by Gasteiger charge is -2.25. The zero-order chi connectivity index (χ0) is 12.3. The Balaban J connectivity index is 3.05. The standard InChI is InChI=1S/C10H8F2N2O2/c1-6-7(3-13)2-8(10(15)16)4-14(6)5-9(11)12/h2,4,9H,1,5H2,(H,15,16). The SMILES string of the molecule is C=C1C(C#N)=CC(C(=O)O)=CN1CC(F)F. The molecule has 0 unspecified atom stereocenters. The molecule has 1 aliphatic heterocycles. The van der Waals surface area contributed by atoms with Crippen LogP contribution in [0.25, 0.3) is 0 Å². The van der Waals surface area contributed by atoms with Gasteiger partial charge < -0.3 is 10.0 Å². The zero-order valence-electron chi connectivity index (χ0n) is 8.15. The maximum Gasteiger partial charge on any atom is 0.337 e. The maximum absolute atomic E-state index is 12.2. The number of carboxylic acid groups (broad SMARTS) is 1. The molecule has 0 atom stereocenters. The first-order valence-corrected chi connectivity index (χ1v) is 4.26. The molecule has 84 valence electrons. The highest BCUT2D eigenvalue weighted by atomic mass is 19.3. The van der Waals surface area contributed by atoms with Gasteiger partial charge >= 0.3 is 5.97 Å². The first kappa shape index (κ1) is 11.9. The van der Waals surface area contributed by atoms with Crippen molar-refractivity contribution in [3.63, 3.8) is 0 Å². The molecule has 0 fully saturated rings. The third kappa shape index (κ3) is 2.45. The van der Waals surface area contributed by atoms with Crippen molar-refractivity contribution in [2.75, 3.05) is 6.54 Å². The van der Waals surface area contributed by atoms with Crippen LogP contribution >= 0.6 is 0 Å². The summed E-state index contributed by atoms with van der Waals surface area (Å²) < 4.78 is 24.4. The van der Waals surface area contributed by atoms with Crippen molar-refractivity contribution in [2.24, 2.45) is 0 Å². The second-order valence-electron chi connectivity index (χ2n) is 3.05. The normalized spacial score (nSPS) is 15.6. The Labute approximate surface area is 90.4 Å². The molecule has 0 aromatic carbocycles. The molecule has 0 bridgehead atoms. The molecule has 0 aromatic rings. The fraction of sp³-hybridized carbons (Fsp3) is 0.200. The van der Waals surface area contributed by atoms with Crippen LogP contribution in [0.1, 0.15) is 0 Å². The Morgan fingerprint density at radius 3 is 2.75 bits per heavy atom. The van der Waals surface area contributed by atoms with Gasteiger partial charge in [0.05, 0.1) is 23.4 Å². The Hall–Kier alpha value is -2.16. The zero-order valence-corrected chi connectivity index (χ0v) is 8.15. The van der Waals surface area contributed by atoms with E-state index in [9.17, 15) is 13.6 Å². The summed E-state index contributed by atoms with van der Waals surface area (Å²) in [6.07, 6.45) is -0.495. The number of halogens is 2. The van der Waals surface area contributed by atoms with E-state index in [1.807, 2.05) is 0 Å². The molecule has 16 heavy (non-hydrogen) atoms. The smallest absolute Gasteiger partial charge is 0.337 e. The number of nitrogens with zero attached hydrogens (tertiary/aromatic N) is 2. The van der Waals surface area contributed by atoms with Gasteiger partial charge in [-0.1, -0.05) is 6.58 Å². The van der Waals surface area contributed by atoms with Crippen molar-refractivity contribution < 1.29 is 18.7 Å². The molecular formula is C10H8F2N2O2. The molecule has 0 aliphatic carbocycles. The molecule has 0 aromatic heterocycles. The van der Waals surface area contributed by atoms with E-state index in [1.165, 1.54) is 0 Å². The first-order chi connectivity index (χ1) is 7.45. The molecule has 1 N–H and O–H groups in total. The fourth-order valence-corrected chi connectivity index (χ4v) is 1.20. The van der Waals surface area contributed by atoms with Crippen LogP contribution in [0.2, 0.25) is 0 Å². The predicted molar refractivity (Wildman–Crippen MR) is 51.3 cm³/mol. The number of hydrogen-bond donors (Lipinski definition) is 1. The van der Waals surface area contributed by atoms with E-state index in [0.717, 1.165) is 17.2 Å². The van der Waals surface area contributed by atoms with Crippen LogP contribution in [-0.2, 0) is 4.79 Å².